The minimum atomic E-state index is 0. The van der Waals surface area contributed by atoms with Gasteiger partial charge in [0.1, 0.15) is 0 Å². The minimum absolute atomic E-state index is 0. The van der Waals surface area contributed by atoms with Crippen molar-refractivity contribution in [2.45, 2.75) is 43.9 Å². The second-order valence-electron chi connectivity index (χ2n) is 7.37. The predicted octanol–water partition coefficient (Wildman–Crippen LogP) is 4.14. The third kappa shape index (κ3) is 6.09. The van der Waals surface area contributed by atoms with Crippen molar-refractivity contribution in [3.63, 3.8) is 0 Å². The lowest BCUT2D eigenvalue weighted by atomic mass is 9.96. The highest BCUT2D eigenvalue weighted by atomic mass is 127. The number of hydrogen-bond donors (Lipinski definition) is 2. The summed E-state index contributed by atoms with van der Waals surface area (Å²) in [7, 11) is 1.86. The van der Waals surface area contributed by atoms with Crippen LogP contribution in [0.4, 0.5) is 0 Å². The van der Waals surface area contributed by atoms with E-state index in [2.05, 4.69) is 60.7 Å². The molecule has 0 aromatic heterocycles. The summed E-state index contributed by atoms with van der Waals surface area (Å²) in [6, 6.07) is 8.60. The average Bonchev–Trinajstić information content (AvgIpc) is 3.23. The first-order chi connectivity index (χ1) is 12.2. The summed E-state index contributed by atoms with van der Waals surface area (Å²) in [6.45, 7) is 5.79. The Hall–Kier alpha value is -0.340. The number of likely N-dealkylation sites (tertiary alicyclic amines) is 1. The minimum Gasteiger partial charge on any atom is -0.356 e. The number of nitrogens with zero attached hydrogens (tertiary/aromatic N) is 2. The van der Waals surface area contributed by atoms with Crippen molar-refractivity contribution in [3.8, 4) is 0 Å². The predicted molar refractivity (Wildman–Crippen MR) is 125 cm³/mol. The first-order valence-electron chi connectivity index (χ1n) is 9.65. The number of aliphatic imine (C=N–C) groups is 1. The van der Waals surface area contributed by atoms with E-state index in [1.165, 1.54) is 68.2 Å². The summed E-state index contributed by atoms with van der Waals surface area (Å²) >= 11 is 3.71. The molecule has 3 rings (SSSR count). The van der Waals surface area contributed by atoms with Gasteiger partial charge in [0.15, 0.2) is 5.96 Å². The van der Waals surface area contributed by atoms with Gasteiger partial charge in [-0.05, 0) is 69.8 Å². The molecule has 146 valence electrons. The van der Waals surface area contributed by atoms with Crippen molar-refractivity contribution in [1.29, 1.82) is 0 Å². The first-order valence-corrected chi connectivity index (χ1v) is 10.4. The fraction of sp³-hybridized carbons (Fsp3) is 0.650. The van der Waals surface area contributed by atoms with E-state index in [-0.39, 0.29) is 29.4 Å². The van der Waals surface area contributed by atoms with E-state index in [0.29, 0.717) is 0 Å². The van der Waals surface area contributed by atoms with Crippen molar-refractivity contribution in [1.82, 2.24) is 15.5 Å². The van der Waals surface area contributed by atoms with Gasteiger partial charge in [-0.25, -0.2) is 0 Å². The molecular weight excluding hydrogens is 503 g/mol. The second-order valence-corrected chi connectivity index (χ2v) is 8.22. The van der Waals surface area contributed by atoms with Gasteiger partial charge in [0.2, 0.25) is 0 Å². The Morgan fingerprint density at radius 1 is 1.15 bits per heavy atom. The van der Waals surface area contributed by atoms with Crippen LogP contribution in [0.5, 0.6) is 0 Å². The molecule has 1 aromatic carbocycles. The highest BCUT2D eigenvalue weighted by Crippen LogP contribution is 2.49. The molecule has 1 aromatic rings. The van der Waals surface area contributed by atoms with E-state index in [1.54, 1.807) is 0 Å². The van der Waals surface area contributed by atoms with Crippen LogP contribution in [-0.4, -0.2) is 50.6 Å². The highest BCUT2D eigenvalue weighted by Gasteiger charge is 2.45. The number of guanidine groups is 1. The fourth-order valence-electron chi connectivity index (χ4n) is 3.73. The van der Waals surface area contributed by atoms with Gasteiger partial charge in [0.25, 0.3) is 0 Å². The van der Waals surface area contributed by atoms with E-state index in [0.717, 1.165) is 19.0 Å². The van der Waals surface area contributed by atoms with Gasteiger partial charge in [-0.1, -0.05) is 34.1 Å². The largest absolute Gasteiger partial charge is 0.356 e. The molecule has 0 amide bonds. The summed E-state index contributed by atoms with van der Waals surface area (Å²) in [5.74, 6) is 0.930. The van der Waals surface area contributed by atoms with Crippen LogP contribution < -0.4 is 10.6 Å². The molecule has 0 bridgehead atoms. The SMILES string of the molecule is CN=C(NCCCCN1CCCC1)NCC1(c2ccccc2Br)CC1.I. The van der Waals surface area contributed by atoms with Crippen LogP contribution >= 0.6 is 39.9 Å². The van der Waals surface area contributed by atoms with Gasteiger partial charge in [-0.3, -0.25) is 4.99 Å². The van der Waals surface area contributed by atoms with E-state index in [1.807, 2.05) is 7.05 Å². The number of unbranched alkanes of at least 4 members (excludes halogenated alkanes) is 1. The summed E-state index contributed by atoms with van der Waals surface area (Å²) in [6.07, 6.45) is 7.73. The molecule has 0 atom stereocenters. The maximum atomic E-state index is 4.38. The molecule has 6 heteroatoms. The maximum absolute atomic E-state index is 4.38. The average molecular weight is 535 g/mol. The van der Waals surface area contributed by atoms with E-state index in [4.69, 9.17) is 0 Å². The van der Waals surface area contributed by atoms with Crippen LogP contribution in [0.1, 0.15) is 44.1 Å². The standard InChI is InChI=1S/C20H31BrN4.HI/c1-22-19(23-12-4-5-13-25-14-6-7-15-25)24-16-20(10-11-20)17-8-2-3-9-18(17)21;/h2-3,8-9H,4-7,10-16H2,1H3,(H2,22,23,24);1H. The Kier molecular flexibility index (Phi) is 9.17. The Morgan fingerprint density at radius 3 is 2.54 bits per heavy atom. The molecule has 0 unspecified atom stereocenters. The quantitative estimate of drug-likeness (QED) is 0.228. The Bertz CT molecular complexity index is 583. The zero-order chi connectivity index (χ0) is 17.5. The number of hydrogen-bond acceptors (Lipinski definition) is 2. The van der Waals surface area contributed by atoms with E-state index >= 15 is 0 Å². The van der Waals surface area contributed by atoms with E-state index < -0.39 is 0 Å². The van der Waals surface area contributed by atoms with Crippen LogP contribution in [0, 0.1) is 0 Å². The van der Waals surface area contributed by atoms with Gasteiger partial charge < -0.3 is 15.5 Å². The van der Waals surface area contributed by atoms with Crippen LogP contribution in [0.2, 0.25) is 0 Å². The molecule has 0 radical (unpaired) electrons. The molecule has 4 nitrogen and oxygen atoms in total. The maximum Gasteiger partial charge on any atom is 0.191 e. The summed E-state index contributed by atoms with van der Waals surface area (Å²) in [4.78, 5) is 6.97. The molecule has 2 fully saturated rings. The summed E-state index contributed by atoms with van der Waals surface area (Å²) in [5, 5.41) is 7.01. The van der Waals surface area contributed by atoms with Gasteiger partial charge >= 0.3 is 0 Å². The molecule has 2 N–H and O–H groups in total. The summed E-state index contributed by atoms with van der Waals surface area (Å²) in [5.41, 5.74) is 1.69. The normalized spacial score (nSPS) is 19.1. The van der Waals surface area contributed by atoms with Crippen molar-refractivity contribution in [2.24, 2.45) is 4.99 Å². The van der Waals surface area contributed by atoms with Crippen LogP contribution in [-0.2, 0) is 5.41 Å². The molecule has 2 aliphatic rings. The molecule has 1 heterocycles. The Labute approximate surface area is 183 Å². The first kappa shape index (κ1) is 22.0. The van der Waals surface area contributed by atoms with Crippen LogP contribution in [0.25, 0.3) is 0 Å². The molecule has 1 saturated heterocycles. The summed E-state index contributed by atoms with van der Waals surface area (Å²) < 4.78 is 1.22. The monoisotopic (exact) mass is 534 g/mol. The molecule has 1 aliphatic heterocycles. The van der Waals surface area contributed by atoms with Crippen LogP contribution in [0.15, 0.2) is 33.7 Å². The smallest absolute Gasteiger partial charge is 0.191 e. The molecule has 1 aliphatic carbocycles. The molecule has 26 heavy (non-hydrogen) atoms. The Balaban J connectivity index is 0.00000243. The number of rotatable bonds is 8. The third-order valence-corrected chi connectivity index (χ3v) is 6.20. The van der Waals surface area contributed by atoms with Gasteiger partial charge in [0.05, 0.1) is 0 Å². The zero-order valence-electron chi connectivity index (χ0n) is 15.8. The topological polar surface area (TPSA) is 39.7 Å². The Morgan fingerprint density at radius 2 is 1.88 bits per heavy atom. The van der Waals surface area contributed by atoms with Crippen molar-refractivity contribution in [3.05, 3.63) is 34.3 Å². The lowest BCUT2D eigenvalue weighted by molar-refractivity contribution is 0.330. The van der Waals surface area contributed by atoms with Crippen molar-refractivity contribution >= 4 is 45.9 Å². The van der Waals surface area contributed by atoms with Crippen LogP contribution in [0.3, 0.4) is 0 Å². The van der Waals surface area contributed by atoms with Gasteiger partial charge in [-0.15, -0.1) is 24.0 Å². The fourth-order valence-corrected chi connectivity index (χ4v) is 4.44. The number of halogens is 2. The zero-order valence-corrected chi connectivity index (χ0v) is 19.7. The second kappa shape index (κ2) is 10.9. The van der Waals surface area contributed by atoms with Gasteiger partial charge in [-0.2, -0.15) is 0 Å². The van der Waals surface area contributed by atoms with E-state index in [9.17, 15) is 0 Å². The highest BCUT2D eigenvalue weighted by molar-refractivity contribution is 14.0. The molecule has 1 saturated carbocycles. The lowest BCUT2D eigenvalue weighted by Crippen LogP contribution is -2.41. The third-order valence-electron chi connectivity index (χ3n) is 5.51. The number of benzene rings is 1. The lowest BCUT2D eigenvalue weighted by Gasteiger charge is -2.20. The van der Waals surface area contributed by atoms with Gasteiger partial charge in [0, 0.05) is 30.0 Å². The number of nitrogens with one attached hydrogen (secondary N) is 2. The molecule has 0 spiro atoms. The van der Waals surface area contributed by atoms with Crippen molar-refractivity contribution < 1.29 is 0 Å². The molecular formula is C20H32BrIN4. The van der Waals surface area contributed by atoms with Crippen molar-refractivity contribution in [2.75, 3.05) is 39.8 Å².